The Bertz CT molecular complexity index is 612. The lowest BCUT2D eigenvalue weighted by Crippen LogP contribution is -2.58. The van der Waals surface area contributed by atoms with E-state index in [2.05, 4.69) is 5.32 Å². The van der Waals surface area contributed by atoms with Crippen LogP contribution in [0.1, 0.15) is 58.4 Å². The van der Waals surface area contributed by atoms with Crippen molar-refractivity contribution in [3.63, 3.8) is 0 Å². The third-order valence-corrected chi connectivity index (χ3v) is 5.68. The standard InChI is InChI=1S/C21H33ClN2O3/c1-21(2,3)24(20(26)27)18(13-15-9-7-8-12-17(15)22)19(25)14-23-16-10-5-4-6-11-16/h7-9,12,16,18-19,23,25H,4-6,10-11,13-14H2,1-3H3,(H,26,27)/t18-,19-/m0/s1. The third-order valence-electron chi connectivity index (χ3n) is 5.31. The molecule has 0 saturated heterocycles. The molecule has 3 N–H and O–H groups in total. The third kappa shape index (κ3) is 6.37. The highest BCUT2D eigenvalue weighted by Gasteiger charge is 2.37. The Labute approximate surface area is 167 Å². The fourth-order valence-electron chi connectivity index (χ4n) is 3.95. The van der Waals surface area contributed by atoms with E-state index >= 15 is 0 Å². The first-order valence-corrected chi connectivity index (χ1v) is 10.2. The highest BCUT2D eigenvalue weighted by Crippen LogP contribution is 2.26. The molecule has 1 amide bonds. The summed E-state index contributed by atoms with van der Waals surface area (Å²) < 4.78 is 0. The molecule has 0 unspecified atom stereocenters. The van der Waals surface area contributed by atoms with Crippen LogP contribution in [0, 0.1) is 0 Å². The van der Waals surface area contributed by atoms with Gasteiger partial charge in [-0.05, 0) is 51.7 Å². The van der Waals surface area contributed by atoms with Gasteiger partial charge in [-0.1, -0.05) is 49.1 Å². The fraction of sp³-hybridized carbons (Fsp3) is 0.667. The Morgan fingerprint density at radius 2 is 1.89 bits per heavy atom. The Hall–Kier alpha value is -1.30. The van der Waals surface area contributed by atoms with Crippen molar-refractivity contribution in [2.45, 2.75) is 83.0 Å². The van der Waals surface area contributed by atoms with Gasteiger partial charge in [0.2, 0.25) is 0 Å². The number of carbonyl (C=O) groups is 1. The lowest BCUT2D eigenvalue weighted by molar-refractivity contribution is 0.00649. The van der Waals surface area contributed by atoms with Crippen LogP contribution in [-0.2, 0) is 6.42 Å². The molecule has 1 fully saturated rings. The zero-order chi connectivity index (χ0) is 20.0. The molecule has 0 heterocycles. The molecular formula is C21H33ClN2O3. The fourth-order valence-corrected chi connectivity index (χ4v) is 4.16. The molecule has 6 heteroatoms. The zero-order valence-electron chi connectivity index (χ0n) is 16.6. The topological polar surface area (TPSA) is 72.8 Å². The molecular weight excluding hydrogens is 364 g/mol. The summed E-state index contributed by atoms with van der Waals surface area (Å²) in [6.07, 6.45) is 4.44. The van der Waals surface area contributed by atoms with E-state index in [-0.39, 0.29) is 0 Å². The summed E-state index contributed by atoms with van der Waals surface area (Å²) in [5, 5.41) is 24.9. The first kappa shape index (κ1) is 22.0. The van der Waals surface area contributed by atoms with Crippen LogP contribution in [0.25, 0.3) is 0 Å². The molecule has 0 bridgehead atoms. The van der Waals surface area contributed by atoms with E-state index in [1.165, 1.54) is 24.2 Å². The van der Waals surface area contributed by atoms with E-state index in [1.54, 1.807) is 6.07 Å². The molecule has 0 radical (unpaired) electrons. The van der Waals surface area contributed by atoms with Crippen molar-refractivity contribution in [1.82, 2.24) is 10.2 Å². The van der Waals surface area contributed by atoms with Crippen LogP contribution >= 0.6 is 11.6 Å². The monoisotopic (exact) mass is 396 g/mol. The van der Waals surface area contributed by atoms with Gasteiger partial charge in [-0.2, -0.15) is 0 Å². The van der Waals surface area contributed by atoms with Crippen LogP contribution in [-0.4, -0.2) is 51.5 Å². The van der Waals surface area contributed by atoms with Gasteiger partial charge in [0.25, 0.3) is 0 Å². The van der Waals surface area contributed by atoms with E-state index in [0.717, 1.165) is 18.4 Å². The second-order valence-corrected chi connectivity index (χ2v) is 8.90. The van der Waals surface area contributed by atoms with Crippen LogP contribution in [0.15, 0.2) is 24.3 Å². The molecule has 5 nitrogen and oxygen atoms in total. The number of nitrogens with one attached hydrogen (secondary N) is 1. The van der Waals surface area contributed by atoms with E-state index in [9.17, 15) is 15.0 Å². The van der Waals surface area contributed by atoms with Crippen molar-refractivity contribution < 1.29 is 15.0 Å². The second kappa shape index (κ2) is 9.76. The average molecular weight is 397 g/mol. The van der Waals surface area contributed by atoms with Gasteiger partial charge < -0.3 is 15.5 Å². The van der Waals surface area contributed by atoms with Gasteiger partial charge in [0, 0.05) is 23.1 Å². The summed E-state index contributed by atoms with van der Waals surface area (Å²) in [6.45, 7) is 5.92. The molecule has 1 aromatic rings. The van der Waals surface area contributed by atoms with Crippen molar-refractivity contribution >= 4 is 17.7 Å². The van der Waals surface area contributed by atoms with E-state index < -0.39 is 23.8 Å². The molecule has 27 heavy (non-hydrogen) atoms. The smallest absolute Gasteiger partial charge is 0.408 e. The van der Waals surface area contributed by atoms with E-state index in [0.29, 0.717) is 24.0 Å². The van der Waals surface area contributed by atoms with Crippen molar-refractivity contribution in [3.05, 3.63) is 34.9 Å². The lowest BCUT2D eigenvalue weighted by Gasteiger charge is -2.42. The van der Waals surface area contributed by atoms with Crippen LogP contribution < -0.4 is 5.32 Å². The normalized spacial score (nSPS) is 18.1. The number of carboxylic acid groups (broad SMARTS) is 1. The SMILES string of the molecule is CC(C)(C)N(C(=O)O)[C@@H](Cc1ccccc1Cl)[C@@H](O)CNC1CCCCC1. The minimum atomic E-state index is -1.03. The molecule has 1 aliphatic rings. The van der Waals surface area contributed by atoms with Crippen LogP contribution in [0.2, 0.25) is 5.02 Å². The number of aliphatic hydroxyl groups is 1. The number of nitrogens with zero attached hydrogens (tertiary/aromatic N) is 1. The van der Waals surface area contributed by atoms with E-state index in [4.69, 9.17) is 11.6 Å². The van der Waals surface area contributed by atoms with Crippen LogP contribution in [0.3, 0.4) is 0 Å². The van der Waals surface area contributed by atoms with Gasteiger partial charge in [0.15, 0.2) is 0 Å². The molecule has 1 aromatic carbocycles. The summed E-state index contributed by atoms with van der Waals surface area (Å²) in [4.78, 5) is 13.4. The molecule has 152 valence electrons. The maximum absolute atomic E-state index is 12.0. The minimum Gasteiger partial charge on any atom is -0.465 e. The number of halogens is 1. The van der Waals surface area contributed by atoms with Crippen molar-refractivity contribution in [1.29, 1.82) is 0 Å². The first-order valence-electron chi connectivity index (χ1n) is 9.87. The van der Waals surface area contributed by atoms with Crippen molar-refractivity contribution in [2.75, 3.05) is 6.54 Å². The van der Waals surface area contributed by atoms with E-state index in [1.807, 2.05) is 39.0 Å². The molecule has 0 aromatic heterocycles. The maximum atomic E-state index is 12.0. The zero-order valence-corrected chi connectivity index (χ0v) is 17.4. The van der Waals surface area contributed by atoms with Gasteiger partial charge in [-0.15, -0.1) is 0 Å². The van der Waals surface area contributed by atoms with Crippen molar-refractivity contribution in [3.8, 4) is 0 Å². The average Bonchev–Trinajstić information content (AvgIpc) is 2.60. The summed E-state index contributed by atoms with van der Waals surface area (Å²) in [5.74, 6) is 0. The van der Waals surface area contributed by atoms with Gasteiger partial charge in [0.1, 0.15) is 0 Å². The summed E-state index contributed by atoms with van der Waals surface area (Å²) in [6, 6.07) is 7.23. The van der Waals surface area contributed by atoms with Gasteiger partial charge >= 0.3 is 6.09 Å². The number of benzene rings is 1. The first-order chi connectivity index (χ1) is 12.7. The Balaban J connectivity index is 2.19. The number of hydrogen-bond donors (Lipinski definition) is 3. The highest BCUT2D eigenvalue weighted by molar-refractivity contribution is 6.31. The van der Waals surface area contributed by atoms with Gasteiger partial charge in [-0.25, -0.2) is 4.79 Å². The predicted octanol–water partition coefficient (Wildman–Crippen LogP) is 4.31. The summed E-state index contributed by atoms with van der Waals surface area (Å²) in [7, 11) is 0. The number of rotatable bonds is 7. The summed E-state index contributed by atoms with van der Waals surface area (Å²) in [5.41, 5.74) is 0.209. The second-order valence-electron chi connectivity index (χ2n) is 8.50. The van der Waals surface area contributed by atoms with Gasteiger partial charge in [0.05, 0.1) is 12.1 Å². The largest absolute Gasteiger partial charge is 0.465 e. The molecule has 0 aliphatic heterocycles. The molecule has 1 saturated carbocycles. The number of hydrogen-bond acceptors (Lipinski definition) is 3. The number of aliphatic hydroxyl groups excluding tert-OH is 1. The Morgan fingerprint density at radius 3 is 2.44 bits per heavy atom. The molecule has 1 aliphatic carbocycles. The molecule has 2 rings (SSSR count). The predicted molar refractivity (Wildman–Crippen MR) is 109 cm³/mol. The summed E-state index contributed by atoms with van der Waals surface area (Å²) >= 11 is 6.31. The van der Waals surface area contributed by atoms with Crippen molar-refractivity contribution in [2.24, 2.45) is 0 Å². The number of amides is 1. The van der Waals surface area contributed by atoms with Gasteiger partial charge in [-0.3, -0.25) is 4.90 Å². The maximum Gasteiger partial charge on any atom is 0.408 e. The highest BCUT2D eigenvalue weighted by atomic mass is 35.5. The molecule has 0 spiro atoms. The van der Waals surface area contributed by atoms with Crippen LogP contribution in [0.5, 0.6) is 0 Å². The van der Waals surface area contributed by atoms with Crippen LogP contribution in [0.4, 0.5) is 4.79 Å². The lowest BCUT2D eigenvalue weighted by atomic mass is 9.93. The Morgan fingerprint density at radius 1 is 1.26 bits per heavy atom. The molecule has 2 atom stereocenters. The minimum absolute atomic E-state index is 0.372. The quantitative estimate of drug-likeness (QED) is 0.642. The Kier molecular flexibility index (Phi) is 7.95.